The normalized spacial score (nSPS) is 15.4. The first-order chi connectivity index (χ1) is 6.12. The van der Waals surface area contributed by atoms with E-state index in [9.17, 15) is 4.79 Å². The molecule has 0 aliphatic carbocycles. The summed E-state index contributed by atoms with van der Waals surface area (Å²) in [7, 11) is -1.77. The van der Waals surface area contributed by atoms with Crippen LogP contribution in [0.15, 0.2) is 0 Å². The molecule has 0 aromatic rings. The van der Waals surface area contributed by atoms with Crippen molar-refractivity contribution in [1.29, 1.82) is 0 Å². The molecule has 0 aliphatic heterocycles. The largest absolute Gasteiger partial charge is 0.407 e. The van der Waals surface area contributed by atoms with Gasteiger partial charge >= 0.3 is 0 Å². The maximum atomic E-state index is 11.3. The van der Waals surface area contributed by atoms with Gasteiger partial charge in [0.2, 0.25) is 0 Å². The molecule has 0 bridgehead atoms. The number of hydrogen-bond acceptors (Lipinski definition) is 2. The first kappa shape index (κ1) is 13.8. The van der Waals surface area contributed by atoms with Gasteiger partial charge in [-0.25, -0.2) is 0 Å². The summed E-state index contributed by atoms with van der Waals surface area (Å²) in [6.45, 7) is 14.5. The van der Waals surface area contributed by atoms with Crippen molar-refractivity contribution in [3.8, 4) is 0 Å². The summed E-state index contributed by atoms with van der Waals surface area (Å²) in [5, 5.41) is 0.176. The van der Waals surface area contributed by atoms with Gasteiger partial charge < -0.3 is 4.43 Å². The highest BCUT2D eigenvalue weighted by Gasteiger charge is 2.39. The lowest BCUT2D eigenvalue weighted by Crippen LogP contribution is -2.45. The summed E-state index contributed by atoms with van der Waals surface area (Å²) in [6, 6.07) is 0. The van der Waals surface area contributed by atoms with Gasteiger partial charge in [-0.05, 0) is 31.5 Å². The Labute approximate surface area is 89.2 Å². The molecule has 0 radical (unpaired) electrons. The van der Waals surface area contributed by atoms with Crippen LogP contribution in [0.2, 0.25) is 18.1 Å². The van der Waals surface area contributed by atoms with Crippen molar-refractivity contribution in [3.63, 3.8) is 0 Å². The number of rotatable bonds is 4. The van der Waals surface area contributed by atoms with Crippen LogP contribution < -0.4 is 0 Å². The van der Waals surface area contributed by atoms with Gasteiger partial charge in [0.1, 0.15) is 6.10 Å². The maximum absolute atomic E-state index is 11.3. The minimum absolute atomic E-state index is 0.150. The van der Waals surface area contributed by atoms with E-state index >= 15 is 0 Å². The minimum atomic E-state index is -1.77. The second kappa shape index (κ2) is 4.58. The van der Waals surface area contributed by atoms with E-state index in [0.717, 1.165) is 6.42 Å². The first-order valence-corrected chi connectivity index (χ1v) is 8.21. The second-order valence-corrected chi connectivity index (χ2v) is 10.1. The molecule has 0 aliphatic rings. The number of hydrogen-bond donors (Lipinski definition) is 0. The van der Waals surface area contributed by atoms with Crippen molar-refractivity contribution in [2.24, 2.45) is 0 Å². The average Bonchev–Trinajstić information content (AvgIpc) is 1.97. The van der Waals surface area contributed by atoms with Gasteiger partial charge in [-0.1, -0.05) is 27.7 Å². The van der Waals surface area contributed by atoms with Crippen LogP contribution in [0.5, 0.6) is 0 Å². The lowest BCUT2D eigenvalue weighted by molar-refractivity contribution is -0.124. The predicted octanol–water partition coefficient (Wildman–Crippen LogP) is 3.38. The van der Waals surface area contributed by atoms with Crippen LogP contribution >= 0.6 is 0 Å². The molecule has 0 N–H and O–H groups in total. The molecule has 14 heavy (non-hydrogen) atoms. The van der Waals surface area contributed by atoms with Crippen molar-refractivity contribution in [3.05, 3.63) is 0 Å². The van der Waals surface area contributed by atoms with Gasteiger partial charge in [0.25, 0.3) is 0 Å². The maximum Gasteiger partial charge on any atom is 0.193 e. The van der Waals surface area contributed by atoms with Crippen molar-refractivity contribution >= 4 is 14.1 Å². The molecule has 0 spiro atoms. The summed E-state index contributed by atoms with van der Waals surface area (Å²) in [6.07, 6.45) is 0.581. The van der Waals surface area contributed by atoms with Crippen LogP contribution in [0.4, 0.5) is 0 Å². The Morgan fingerprint density at radius 3 is 2.00 bits per heavy atom. The van der Waals surface area contributed by atoms with E-state index in [1.165, 1.54) is 0 Å². The Balaban J connectivity index is 4.56. The Bertz CT molecular complexity index is 204. The van der Waals surface area contributed by atoms with E-state index in [1.807, 2.05) is 6.92 Å². The summed E-state index contributed by atoms with van der Waals surface area (Å²) in [4.78, 5) is 11.3. The Kier molecular flexibility index (Phi) is 4.53. The van der Waals surface area contributed by atoms with E-state index in [1.54, 1.807) is 6.92 Å². The van der Waals surface area contributed by atoms with Crippen molar-refractivity contribution in [1.82, 2.24) is 0 Å². The molecule has 2 nitrogen and oxygen atoms in total. The number of carbonyl (C=O) groups excluding carboxylic acids is 1. The predicted molar refractivity (Wildman–Crippen MR) is 63.0 cm³/mol. The molecule has 0 unspecified atom stereocenters. The van der Waals surface area contributed by atoms with E-state index in [4.69, 9.17) is 4.43 Å². The lowest BCUT2D eigenvalue weighted by atomic mass is 10.2. The van der Waals surface area contributed by atoms with Crippen LogP contribution in [-0.2, 0) is 9.22 Å². The zero-order chi connectivity index (χ0) is 11.6. The van der Waals surface area contributed by atoms with Gasteiger partial charge in [-0.2, -0.15) is 0 Å². The van der Waals surface area contributed by atoms with Crippen molar-refractivity contribution in [2.75, 3.05) is 0 Å². The third-order valence-corrected chi connectivity index (χ3v) is 7.55. The molecule has 0 saturated heterocycles. The molecule has 3 heteroatoms. The van der Waals surface area contributed by atoms with E-state index in [0.29, 0.717) is 0 Å². The second-order valence-electron chi connectivity index (χ2n) is 5.39. The summed E-state index contributed by atoms with van der Waals surface area (Å²) < 4.78 is 6.00. The molecule has 0 rings (SSSR count). The first-order valence-electron chi connectivity index (χ1n) is 5.30. The summed E-state index contributed by atoms with van der Waals surface area (Å²) in [5.74, 6) is 0.150. The fourth-order valence-electron chi connectivity index (χ4n) is 0.986. The molecular weight excluding hydrogens is 192 g/mol. The molecule has 0 fully saturated rings. The molecule has 0 amide bonds. The van der Waals surface area contributed by atoms with E-state index in [-0.39, 0.29) is 16.9 Å². The molecule has 0 aromatic heterocycles. The van der Waals surface area contributed by atoms with Gasteiger partial charge in [0.05, 0.1) is 0 Å². The van der Waals surface area contributed by atoms with Crippen molar-refractivity contribution in [2.45, 2.75) is 65.3 Å². The highest BCUT2D eigenvalue weighted by Crippen LogP contribution is 2.37. The number of carbonyl (C=O) groups is 1. The zero-order valence-corrected chi connectivity index (χ0v) is 11.6. The smallest absolute Gasteiger partial charge is 0.193 e. The van der Waals surface area contributed by atoms with Crippen LogP contribution in [-0.4, -0.2) is 20.2 Å². The standard InChI is InChI=1S/C11H24O2Si/c1-8-10(9(2)12)13-14(6,7)11(3,4)5/h10H,8H2,1-7H3/t10-/m0/s1. The Morgan fingerprint density at radius 2 is 1.79 bits per heavy atom. The molecule has 0 aromatic carbocycles. The summed E-state index contributed by atoms with van der Waals surface area (Å²) in [5.41, 5.74) is 0. The molecule has 0 heterocycles. The van der Waals surface area contributed by atoms with E-state index < -0.39 is 8.32 Å². The molecule has 1 atom stereocenters. The van der Waals surface area contributed by atoms with Crippen LogP contribution in [0.25, 0.3) is 0 Å². The average molecular weight is 216 g/mol. The van der Waals surface area contributed by atoms with Crippen LogP contribution in [0.3, 0.4) is 0 Å². The Morgan fingerprint density at radius 1 is 1.36 bits per heavy atom. The van der Waals surface area contributed by atoms with Gasteiger partial charge in [0, 0.05) is 0 Å². The highest BCUT2D eigenvalue weighted by molar-refractivity contribution is 6.74. The number of ketones is 1. The topological polar surface area (TPSA) is 26.3 Å². The third kappa shape index (κ3) is 3.54. The fraction of sp³-hybridized carbons (Fsp3) is 0.909. The highest BCUT2D eigenvalue weighted by atomic mass is 28.4. The van der Waals surface area contributed by atoms with Crippen molar-refractivity contribution < 1.29 is 9.22 Å². The van der Waals surface area contributed by atoms with Gasteiger partial charge in [-0.3, -0.25) is 4.79 Å². The third-order valence-electron chi connectivity index (χ3n) is 3.07. The lowest BCUT2D eigenvalue weighted by Gasteiger charge is -2.38. The quantitative estimate of drug-likeness (QED) is 0.673. The minimum Gasteiger partial charge on any atom is -0.407 e. The van der Waals surface area contributed by atoms with Gasteiger partial charge in [-0.15, -0.1) is 0 Å². The monoisotopic (exact) mass is 216 g/mol. The van der Waals surface area contributed by atoms with Crippen LogP contribution in [0.1, 0.15) is 41.0 Å². The molecule has 84 valence electrons. The SMILES string of the molecule is CC[C@H](O[Si](C)(C)C(C)(C)C)C(C)=O. The Hall–Kier alpha value is -0.153. The fourth-order valence-corrected chi connectivity index (χ4v) is 2.38. The van der Waals surface area contributed by atoms with Crippen LogP contribution in [0, 0.1) is 0 Å². The summed E-state index contributed by atoms with van der Waals surface area (Å²) >= 11 is 0. The van der Waals surface area contributed by atoms with Gasteiger partial charge in [0.15, 0.2) is 14.1 Å². The number of Topliss-reactive ketones (excluding diaryl/α,β-unsaturated/α-hetero) is 1. The molecule has 0 saturated carbocycles. The molecular formula is C11H24O2Si. The van der Waals surface area contributed by atoms with E-state index in [2.05, 4.69) is 33.9 Å². The zero-order valence-electron chi connectivity index (χ0n) is 10.6.